The van der Waals surface area contributed by atoms with Crippen LogP contribution in [0.15, 0.2) is 27.8 Å². The number of nitrogens with one attached hydrogen (secondary N) is 2. The number of fused-ring (bicyclic) bond motifs is 1. The van der Waals surface area contributed by atoms with E-state index in [0.29, 0.717) is 17.4 Å². The minimum absolute atomic E-state index is 0.0352. The summed E-state index contributed by atoms with van der Waals surface area (Å²) in [5.74, 6) is 0. The first-order chi connectivity index (χ1) is 8.66. The first-order valence-electron chi connectivity index (χ1n) is 6.13. The standard InChI is InChI=1S/C13H15N3O2/c1-8-2-3-10-11(6-8)15-13(18)16(12(10)17)9-4-5-14-7-9/h2-3,6,9,14H,4-5,7H2,1H3,(H,15,18). The number of aromatic amines is 1. The predicted molar refractivity (Wildman–Crippen MR) is 70.1 cm³/mol. The number of hydrogen-bond donors (Lipinski definition) is 2. The zero-order valence-corrected chi connectivity index (χ0v) is 10.2. The molecule has 18 heavy (non-hydrogen) atoms. The average molecular weight is 245 g/mol. The van der Waals surface area contributed by atoms with Crippen LogP contribution < -0.4 is 16.6 Å². The molecular formula is C13H15N3O2. The number of hydrogen-bond acceptors (Lipinski definition) is 3. The molecule has 2 aromatic rings. The van der Waals surface area contributed by atoms with Crippen LogP contribution in [0.5, 0.6) is 0 Å². The Morgan fingerprint density at radius 3 is 2.89 bits per heavy atom. The molecular weight excluding hydrogens is 230 g/mol. The third-order valence-corrected chi connectivity index (χ3v) is 3.48. The molecule has 1 aromatic heterocycles. The molecule has 5 nitrogen and oxygen atoms in total. The smallest absolute Gasteiger partial charge is 0.315 e. The number of aryl methyl sites for hydroxylation is 1. The van der Waals surface area contributed by atoms with Gasteiger partial charge in [0.05, 0.1) is 16.9 Å². The van der Waals surface area contributed by atoms with E-state index < -0.39 is 0 Å². The molecule has 1 aromatic carbocycles. The van der Waals surface area contributed by atoms with Crippen LogP contribution in [0.4, 0.5) is 0 Å². The van der Waals surface area contributed by atoms with E-state index in [-0.39, 0.29) is 17.3 Å². The summed E-state index contributed by atoms with van der Waals surface area (Å²) >= 11 is 0. The van der Waals surface area contributed by atoms with Crippen LogP contribution in [-0.4, -0.2) is 22.6 Å². The molecule has 0 spiro atoms. The highest BCUT2D eigenvalue weighted by molar-refractivity contribution is 5.77. The van der Waals surface area contributed by atoms with Crippen molar-refractivity contribution in [3.63, 3.8) is 0 Å². The highest BCUT2D eigenvalue weighted by Crippen LogP contribution is 2.13. The minimum atomic E-state index is -0.313. The molecule has 1 saturated heterocycles. The fourth-order valence-electron chi connectivity index (χ4n) is 2.54. The maximum absolute atomic E-state index is 12.4. The zero-order valence-electron chi connectivity index (χ0n) is 10.2. The molecule has 3 rings (SSSR count). The third kappa shape index (κ3) is 1.67. The number of aromatic nitrogens is 2. The average Bonchev–Trinajstić information content (AvgIpc) is 2.82. The van der Waals surface area contributed by atoms with Gasteiger partial charge >= 0.3 is 5.69 Å². The summed E-state index contributed by atoms with van der Waals surface area (Å²) in [6.07, 6.45) is 0.820. The monoisotopic (exact) mass is 245 g/mol. The maximum atomic E-state index is 12.4. The van der Waals surface area contributed by atoms with Crippen LogP contribution in [-0.2, 0) is 0 Å². The summed E-state index contributed by atoms with van der Waals surface area (Å²) in [6, 6.07) is 5.46. The Morgan fingerprint density at radius 2 is 2.17 bits per heavy atom. The minimum Gasteiger partial charge on any atom is -0.315 e. The molecule has 0 aliphatic carbocycles. The quantitative estimate of drug-likeness (QED) is 0.770. The number of rotatable bonds is 1. The van der Waals surface area contributed by atoms with Gasteiger partial charge in [0.2, 0.25) is 0 Å². The zero-order chi connectivity index (χ0) is 12.7. The van der Waals surface area contributed by atoms with Gasteiger partial charge in [-0.15, -0.1) is 0 Å². The fraction of sp³-hybridized carbons (Fsp3) is 0.385. The van der Waals surface area contributed by atoms with Gasteiger partial charge in [-0.1, -0.05) is 6.07 Å². The van der Waals surface area contributed by atoms with Gasteiger partial charge in [0.1, 0.15) is 0 Å². The lowest BCUT2D eigenvalue weighted by Gasteiger charge is -2.12. The van der Waals surface area contributed by atoms with Crippen molar-refractivity contribution in [3.8, 4) is 0 Å². The fourth-order valence-corrected chi connectivity index (χ4v) is 2.54. The van der Waals surface area contributed by atoms with Crippen molar-refractivity contribution in [1.29, 1.82) is 0 Å². The second kappa shape index (κ2) is 4.10. The van der Waals surface area contributed by atoms with Gasteiger partial charge in [0.25, 0.3) is 5.56 Å². The van der Waals surface area contributed by atoms with E-state index in [1.54, 1.807) is 6.07 Å². The molecule has 1 aliphatic heterocycles. The van der Waals surface area contributed by atoms with Gasteiger partial charge in [-0.25, -0.2) is 4.79 Å². The van der Waals surface area contributed by atoms with E-state index in [1.165, 1.54) is 4.57 Å². The van der Waals surface area contributed by atoms with Crippen LogP contribution >= 0.6 is 0 Å². The molecule has 1 atom stereocenters. The van der Waals surface area contributed by atoms with Crippen molar-refractivity contribution in [3.05, 3.63) is 44.6 Å². The molecule has 0 saturated carbocycles. The second-order valence-corrected chi connectivity index (χ2v) is 4.80. The van der Waals surface area contributed by atoms with E-state index in [2.05, 4.69) is 10.3 Å². The summed E-state index contributed by atoms with van der Waals surface area (Å²) in [6.45, 7) is 3.47. The van der Waals surface area contributed by atoms with E-state index in [4.69, 9.17) is 0 Å². The molecule has 0 amide bonds. The lowest BCUT2D eigenvalue weighted by atomic mass is 10.1. The van der Waals surface area contributed by atoms with Crippen molar-refractivity contribution in [2.75, 3.05) is 13.1 Å². The Hall–Kier alpha value is -1.88. The highest BCUT2D eigenvalue weighted by atomic mass is 16.2. The lowest BCUT2D eigenvalue weighted by molar-refractivity contribution is 0.508. The Balaban J connectivity index is 2.30. The maximum Gasteiger partial charge on any atom is 0.329 e. The first-order valence-corrected chi connectivity index (χ1v) is 6.13. The third-order valence-electron chi connectivity index (χ3n) is 3.48. The summed E-state index contributed by atoms with van der Waals surface area (Å²) < 4.78 is 1.34. The second-order valence-electron chi connectivity index (χ2n) is 4.80. The normalized spacial score (nSPS) is 19.5. The molecule has 94 valence electrons. The predicted octanol–water partition coefficient (Wildman–Crippen LogP) is 0.533. The van der Waals surface area contributed by atoms with Crippen LogP contribution in [0.25, 0.3) is 10.9 Å². The highest BCUT2D eigenvalue weighted by Gasteiger charge is 2.20. The van der Waals surface area contributed by atoms with Gasteiger partial charge in [-0.3, -0.25) is 9.36 Å². The van der Waals surface area contributed by atoms with Crippen molar-refractivity contribution < 1.29 is 0 Å². The van der Waals surface area contributed by atoms with E-state index in [1.807, 2.05) is 19.1 Å². The van der Waals surface area contributed by atoms with Crippen molar-refractivity contribution in [2.45, 2.75) is 19.4 Å². The molecule has 1 fully saturated rings. The van der Waals surface area contributed by atoms with Crippen LogP contribution in [0, 0.1) is 6.92 Å². The molecule has 2 heterocycles. The molecule has 1 unspecified atom stereocenters. The van der Waals surface area contributed by atoms with Crippen molar-refractivity contribution >= 4 is 10.9 Å². The van der Waals surface area contributed by atoms with Crippen molar-refractivity contribution in [2.24, 2.45) is 0 Å². The number of benzene rings is 1. The Bertz CT molecular complexity index is 708. The Kier molecular flexibility index (Phi) is 2.56. The Labute approximate surface area is 103 Å². The molecule has 5 heteroatoms. The number of H-pyrrole nitrogens is 1. The summed E-state index contributed by atoms with van der Waals surface area (Å²) in [5.41, 5.74) is 1.14. The topological polar surface area (TPSA) is 66.9 Å². The first kappa shape index (κ1) is 11.2. The lowest BCUT2D eigenvalue weighted by Crippen LogP contribution is -2.38. The van der Waals surface area contributed by atoms with Crippen LogP contribution in [0.2, 0.25) is 0 Å². The summed E-state index contributed by atoms with van der Waals surface area (Å²) in [7, 11) is 0. The Morgan fingerprint density at radius 1 is 1.33 bits per heavy atom. The molecule has 1 aliphatic rings. The van der Waals surface area contributed by atoms with Gasteiger partial charge < -0.3 is 10.3 Å². The molecule has 0 bridgehead atoms. The molecule has 0 radical (unpaired) electrons. The summed E-state index contributed by atoms with van der Waals surface area (Å²) in [4.78, 5) is 27.2. The van der Waals surface area contributed by atoms with Gasteiger partial charge in [-0.05, 0) is 37.6 Å². The molecule has 2 N–H and O–H groups in total. The SMILES string of the molecule is Cc1ccc2c(=O)n(C3CCNC3)c(=O)[nH]c2c1. The van der Waals surface area contributed by atoms with Gasteiger partial charge in [0.15, 0.2) is 0 Å². The van der Waals surface area contributed by atoms with E-state index in [0.717, 1.165) is 18.5 Å². The number of nitrogens with zero attached hydrogens (tertiary/aromatic N) is 1. The van der Waals surface area contributed by atoms with Crippen LogP contribution in [0.1, 0.15) is 18.0 Å². The van der Waals surface area contributed by atoms with E-state index >= 15 is 0 Å². The van der Waals surface area contributed by atoms with Crippen molar-refractivity contribution in [1.82, 2.24) is 14.9 Å². The van der Waals surface area contributed by atoms with E-state index in [9.17, 15) is 9.59 Å². The van der Waals surface area contributed by atoms with Gasteiger partial charge in [-0.2, -0.15) is 0 Å². The largest absolute Gasteiger partial charge is 0.329 e. The summed E-state index contributed by atoms with van der Waals surface area (Å²) in [5, 5.41) is 3.75. The van der Waals surface area contributed by atoms with Gasteiger partial charge in [0, 0.05) is 6.54 Å². The van der Waals surface area contributed by atoms with Crippen LogP contribution in [0.3, 0.4) is 0 Å².